The van der Waals surface area contributed by atoms with E-state index in [0.29, 0.717) is 29.7 Å². The number of aromatic amines is 1. The first-order valence-corrected chi connectivity index (χ1v) is 9.83. The molecule has 0 spiro atoms. The van der Waals surface area contributed by atoms with E-state index in [-0.39, 0.29) is 34.5 Å². The van der Waals surface area contributed by atoms with E-state index in [0.717, 1.165) is 0 Å². The van der Waals surface area contributed by atoms with Gasteiger partial charge in [0, 0.05) is 34.8 Å². The van der Waals surface area contributed by atoms with Crippen molar-refractivity contribution in [3.63, 3.8) is 0 Å². The molecule has 0 radical (unpaired) electrons. The first-order chi connectivity index (χ1) is 15.4. The summed E-state index contributed by atoms with van der Waals surface area (Å²) in [6, 6.07) is 6.45. The van der Waals surface area contributed by atoms with E-state index in [1.165, 1.54) is 23.1 Å². The first kappa shape index (κ1) is 20.3. The zero-order chi connectivity index (χ0) is 22.4. The Hall–Kier alpha value is -3.63. The van der Waals surface area contributed by atoms with E-state index in [1.807, 2.05) is 6.92 Å². The standard InChI is InChI=1S/C21H17F4N5O2/c1-10-8-30-20(31-9-10)14(16(29-30)17(22)23)15-13(11-4-2-6-26-18(11)28-15)12-5-3-7-27-19(12)32-21(24)25/h2-7,10,17,21H,8-9H2,1H3,(H,26,28)/t10-/m1/s1. The van der Waals surface area contributed by atoms with Crippen LogP contribution in [-0.4, -0.2) is 38.0 Å². The monoisotopic (exact) mass is 447 g/mol. The molecule has 1 aliphatic heterocycles. The van der Waals surface area contributed by atoms with Gasteiger partial charge in [0.15, 0.2) is 0 Å². The van der Waals surface area contributed by atoms with Crippen LogP contribution in [0.1, 0.15) is 19.0 Å². The van der Waals surface area contributed by atoms with Crippen molar-refractivity contribution in [1.82, 2.24) is 24.7 Å². The molecule has 166 valence electrons. The predicted molar refractivity (Wildman–Crippen MR) is 107 cm³/mol. The van der Waals surface area contributed by atoms with E-state index in [9.17, 15) is 17.6 Å². The lowest BCUT2D eigenvalue weighted by molar-refractivity contribution is -0.0524. The minimum atomic E-state index is -3.11. The summed E-state index contributed by atoms with van der Waals surface area (Å²) in [6.07, 6.45) is -0.0450. The summed E-state index contributed by atoms with van der Waals surface area (Å²) in [6.45, 7) is -0.438. The molecule has 0 aromatic carbocycles. The molecule has 1 aliphatic rings. The number of pyridine rings is 2. The lowest BCUT2D eigenvalue weighted by Gasteiger charge is -2.21. The van der Waals surface area contributed by atoms with E-state index in [1.54, 1.807) is 18.2 Å². The van der Waals surface area contributed by atoms with Crippen LogP contribution in [0.2, 0.25) is 0 Å². The van der Waals surface area contributed by atoms with Gasteiger partial charge in [-0.15, -0.1) is 0 Å². The molecule has 32 heavy (non-hydrogen) atoms. The van der Waals surface area contributed by atoms with Crippen LogP contribution in [-0.2, 0) is 6.54 Å². The fourth-order valence-corrected chi connectivity index (χ4v) is 3.94. The first-order valence-electron chi connectivity index (χ1n) is 9.83. The molecule has 0 saturated carbocycles. The van der Waals surface area contributed by atoms with E-state index >= 15 is 0 Å². The Balaban J connectivity index is 1.82. The fraction of sp³-hybridized carbons (Fsp3) is 0.286. The van der Waals surface area contributed by atoms with Crippen LogP contribution in [0.15, 0.2) is 36.7 Å². The van der Waals surface area contributed by atoms with E-state index < -0.39 is 18.7 Å². The zero-order valence-electron chi connectivity index (χ0n) is 16.7. The molecule has 4 aromatic rings. The highest BCUT2D eigenvalue weighted by Gasteiger charge is 2.33. The number of hydrogen-bond donors (Lipinski definition) is 1. The van der Waals surface area contributed by atoms with Crippen molar-refractivity contribution in [3.8, 4) is 34.1 Å². The van der Waals surface area contributed by atoms with Crippen LogP contribution in [0.25, 0.3) is 33.4 Å². The Bertz CT molecular complexity index is 1290. The number of fused-ring (bicyclic) bond motifs is 2. The van der Waals surface area contributed by atoms with E-state index in [2.05, 4.69) is 24.8 Å². The fourth-order valence-electron chi connectivity index (χ4n) is 3.94. The van der Waals surface area contributed by atoms with Gasteiger partial charge in [0.25, 0.3) is 6.43 Å². The van der Waals surface area contributed by atoms with Crippen molar-refractivity contribution >= 4 is 11.0 Å². The van der Waals surface area contributed by atoms with Crippen molar-refractivity contribution in [2.75, 3.05) is 6.61 Å². The summed E-state index contributed by atoms with van der Waals surface area (Å²) in [7, 11) is 0. The molecule has 11 heteroatoms. The molecule has 1 N–H and O–H groups in total. The topological polar surface area (TPSA) is 77.8 Å². The number of ether oxygens (including phenoxy) is 2. The Morgan fingerprint density at radius 1 is 1.12 bits per heavy atom. The molecule has 0 aliphatic carbocycles. The van der Waals surface area contributed by atoms with Gasteiger partial charge in [-0.1, -0.05) is 6.92 Å². The second-order valence-corrected chi connectivity index (χ2v) is 7.47. The Kier molecular flexibility index (Phi) is 4.95. The number of alkyl halides is 4. The third kappa shape index (κ3) is 3.33. The molecule has 0 bridgehead atoms. The van der Waals surface area contributed by atoms with Gasteiger partial charge in [-0.25, -0.2) is 23.4 Å². The summed E-state index contributed by atoms with van der Waals surface area (Å²) in [5, 5.41) is 4.61. The normalized spacial score (nSPS) is 15.9. The van der Waals surface area contributed by atoms with Crippen molar-refractivity contribution in [3.05, 3.63) is 42.4 Å². The van der Waals surface area contributed by atoms with Gasteiger partial charge in [0.2, 0.25) is 11.8 Å². The van der Waals surface area contributed by atoms with Gasteiger partial charge in [-0.3, -0.25) is 0 Å². The molecular formula is C21H17F4N5O2. The molecule has 0 fully saturated rings. The number of nitrogens with one attached hydrogen (secondary N) is 1. The lowest BCUT2D eigenvalue weighted by Crippen LogP contribution is -2.23. The quantitative estimate of drug-likeness (QED) is 0.433. The van der Waals surface area contributed by atoms with Crippen LogP contribution in [0.4, 0.5) is 17.6 Å². The number of halogens is 4. The van der Waals surface area contributed by atoms with Gasteiger partial charge in [-0.2, -0.15) is 13.9 Å². The number of H-pyrrole nitrogens is 1. The Morgan fingerprint density at radius 2 is 1.91 bits per heavy atom. The second kappa shape index (κ2) is 7.81. The summed E-state index contributed by atoms with van der Waals surface area (Å²) in [5.41, 5.74) is 0.739. The van der Waals surface area contributed by atoms with Crippen LogP contribution in [0, 0.1) is 5.92 Å². The average molecular weight is 447 g/mol. The van der Waals surface area contributed by atoms with Crippen molar-refractivity contribution in [2.45, 2.75) is 26.5 Å². The Labute approximate surface area is 179 Å². The van der Waals surface area contributed by atoms with E-state index in [4.69, 9.17) is 4.74 Å². The number of rotatable bonds is 5. The summed E-state index contributed by atoms with van der Waals surface area (Å²) in [4.78, 5) is 11.2. The maximum absolute atomic E-state index is 14.0. The minimum Gasteiger partial charge on any atom is -0.477 e. The van der Waals surface area contributed by atoms with Crippen molar-refractivity contribution in [1.29, 1.82) is 0 Å². The maximum Gasteiger partial charge on any atom is 0.388 e. The van der Waals surface area contributed by atoms with Crippen LogP contribution in [0.5, 0.6) is 11.8 Å². The van der Waals surface area contributed by atoms with Crippen molar-refractivity contribution in [2.24, 2.45) is 5.92 Å². The van der Waals surface area contributed by atoms with Gasteiger partial charge in [0.1, 0.15) is 11.3 Å². The number of hydrogen-bond acceptors (Lipinski definition) is 5. The summed E-state index contributed by atoms with van der Waals surface area (Å²) < 4.78 is 66.0. The van der Waals surface area contributed by atoms with Crippen molar-refractivity contribution < 1.29 is 27.0 Å². The molecule has 1 atom stereocenters. The molecule has 0 saturated heterocycles. The number of aromatic nitrogens is 5. The molecule has 5 rings (SSSR count). The highest BCUT2D eigenvalue weighted by Crippen LogP contribution is 2.47. The third-order valence-electron chi connectivity index (χ3n) is 5.19. The third-order valence-corrected chi connectivity index (χ3v) is 5.19. The highest BCUT2D eigenvalue weighted by atomic mass is 19.3. The molecule has 0 unspecified atom stereocenters. The lowest BCUT2D eigenvalue weighted by atomic mass is 9.99. The molecular weight excluding hydrogens is 430 g/mol. The number of nitrogens with zero attached hydrogens (tertiary/aromatic N) is 4. The summed E-state index contributed by atoms with van der Waals surface area (Å²) in [5.74, 6) is -0.0527. The highest BCUT2D eigenvalue weighted by molar-refractivity contribution is 6.04. The average Bonchev–Trinajstić information content (AvgIpc) is 3.31. The zero-order valence-corrected chi connectivity index (χ0v) is 16.7. The van der Waals surface area contributed by atoms with Crippen LogP contribution in [0.3, 0.4) is 0 Å². The second-order valence-electron chi connectivity index (χ2n) is 7.47. The largest absolute Gasteiger partial charge is 0.477 e. The van der Waals surface area contributed by atoms with Gasteiger partial charge in [-0.05, 0) is 24.3 Å². The minimum absolute atomic E-state index is 0.0618. The van der Waals surface area contributed by atoms with Gasteiger partial charge >= 0.3 is 6.61 Å². The summed E-state index contributed by atoms with van der Waals surface area (Å²) >= 11 is 0. The van der Waals surface area contributed by atoms with Crippen LogP contribution >= 0.6 is 0 Å². The Morgan fingerprint density at radius 3 is 2.69 bits per heavy atom. The molecule has 4 aromatic heterocycles. The van der Waals surface area contributed by atoms with Gasteiger partial charge in [0.05, 0.1) is 24.4 Å². The molecule has 0 amide bonds. The maximum atomic E-state index is 14.0. The predicted octanol–water partition coefficient (Wildman–Crippen LogP) is 5.06. The smallest absolute Gasteiger partial charge is 0.388 e. The molecule has 7 nitrogen and oxygen atoms in total. The molecule has 5 heterocycles. The SMILES string of the molecule is C[C@H]1COc2c(-c3[nH]c4ncccc4c3-c3cccnc3OC(F)F)c(C(F)F)nn2C1. The van der Waals surface area contributed by atoms with Crippen LogP contribution < -0.4 is 9.47 Å². The van der Waals surface area contributed by atoms with Gasteiger partial charge < -0.3 is 14.5 Å².